The first-order valence-corrected chi connectivity index (χ1v) is 9.62. The second-order valence-corrected chi connectivity index (χ2v) is 7.34. The molecule has 0 saturated carbocycles. The first kappa shape index (κ1) is 18.0. The minimum atomic E-state index is -0.0282. The van der Waals surface area contributed by atoms with Crippen molar-refractivity contribution in [1.29, 1.82) is 0 Å². The van der Waals surface area contributed by atoms with Crippen LogP contribution in [0.15, 0.2) is 35.7 Å². The third-order valence-electron chi connectivity index (χ3n) is 4.21. The Balaban J connectivity index is 1.38. The lowest BCUT2D eigenvalue weighted by Crippen LogP contribution is -2.44. The first-order chi connectivity index (χ1) is 12.2. The predicted molar refractivity (Wildman–Crippen MR) is 99.6 cm³/mol. The van der Waals surface area contributed by atoms with Crippen molar-refractivity contribution in [3.63, 3.8) is 0 Å². The zero-order chi connectivity index (χ0) is 17.5. The van der Waals surface area contributed by atoms with E-state index in [0.29, 0.717) is 19.6 Å². The van der Waals surface area contributed by atoms with Gasteiger partial charge in [-0.3, -0.25) is 9.69 Å². The second-order valence-electron chi connectivity index (χ2n) is 6.40. The van der Waals surface area contributed by atoms with E-state index in [9.17, 15) is 4.79 Å². The number of carbonyl (C=O) groups is 1. The highest BCUT2D eigenvalue weighted by atomic mass is 32.1. The van der Waals surface area contributed by atoms with E-state index in [-0.39, 0.29) is 12.0 Å². The molecule has 1 aliphatic heterocycles. The molecule has 1 fully saturated rings. The van der Waals surface area contributed by atoms with E-state index >= 15 is 0 Å². The Morgan fingerprint density at radius 2 is 2.24 bits per heavy atom. The van der Waals surface area contributed by atoms with Gasteiger partial charge in [0.2, 0.25) is 5.91 Å². The van der Waals surface area contributed by atoms with Crippen LogP contribution in [0.2, 0.25) is 0 Å². The number of carbonyl (C=O) groups excluding carboxylic acids is 1. The number of aryl methyl sites for hydroxylation is 1. The van der Waals surface area contributed by atoms with Crippen LogP contribution >= 0.6 is 11.3 Å². The highest BCUT2D eigenvalue weighted by molar-refractivity contribution is 7.09. The maximum Gasteiger partial charge on any atom is 0.222 e. The molecular formula is C19H25N3O2S. The lowest BCUT2D eigenvalue weighted by molar-refractivity contribution is -0.126. The Bertz CT molecular complexity index is 674. The Morgan fingerprint density at radius 1 is 1.40 bits per heavy atom. The van der Waals surface area contributed by atoms with Crippen LogP contribution in [0, 0.1) is 6.92 Å². The van der Waals surface area contributed by atoms with Crippen molar-refractivity contribution in [1.82, 2.24) is 15.2 Å². The summed E-state index contributed by atoms with van der Waals surface area (Å²) in [7, 11) is 0. The molecule has 0 spiro atoms. The van der Waals surface area contributed by atoms with Crippen LogP contribution in [-0.2, 0) is 22.5 Å². The van der Waals surface area contributed by atoms with Crippen molar-refractivity contribution in [3.8, 4) is 0 Å². The third kappa shape index (κ3) is 5.92. The molecule has 1 aromatic carbocycles. The first-order valence-electron chi connectivity index (χ1n) is 8.74. The van der Waals surface area contributed by atoms with Gasteiger partial charge in [0.15, 0.2) is 0 Å². The van der Waals surface area contributed by atoms with Crippen LogP contribution in [0.3, 0.4) is 0 Å². The molecule has 0 radical (unpaired) electrons. The van der Waals surface area contributed by atoms with Gasteiger partial charge in [0.25, 0.3) is 0 Å². The fourth-order valence-corrected chi connectivity index (χ4v) is 3.77. The molecule has 1 saturated heterocycles. The van der Waals surface area contributed by atoms with Crippen LogP contribution in [0.4, 0.5) is 0 Å². The molecule has 3 rings (SSSR count). The highest BCUT2D eigenvalue weighted by Crippen LogP contribution is 2.13. The van der Waals surface area contributed by atoms with Crippen molar-refractivity contribution in [3.05, 3.63) is 52.0 Å². The number of ether oxygens (including phenoxy) is 1. The summed E-state index contributed by atoms with van der Waals surface area (Å²) in [5.41, 5.74) is 2.34. The smallest absolute Gasteiger partial charge is 0.222 e. The zero-order valence-electron chi connectivity index (χ0n) is 14.6. The van der Waals surface area contributed by atoms with E-state index in [1.807, 2.05) is 18.4 Å². The van der Waals surface area contributed by atoms with E-state index in [1.165, 1.54) is 5.56 Å². The van der Waals surface area contributed by atoms with Crippen molar-refractivity contribution in [2.45, 2.75) is 32.4 Å². The molecule has 134 valence electrons. The average molecular weight is 359 g/mol. The number of amides is 1. The molecule has 1 amide bonds. The largest absolute Gasteiger partial charge is 0.375 e. The number of benzene rings is 1. The summed E-state index contributed by atoms with van der Waals surface area (Å²) >= 11 is 1.64. The van der Waals surface area contributed by atoms with Gasteiger partial charge in [-0.15, -0.1) is 11.3 Å². The van der Waals surface area contributed by atoms with E-state index in [0.717, 1.165) is 36.8 Å². The Kier molecular flexibility index (Phi) is 6.55. The fraction of sp³-hybridized carbons (Fsp3) is 0.474. The number of hydrogen-bond donors (Lipinski definition) is 1. The average Bonchev–Trinajstić information content (AvgIpc) is 3.01. The van der Waals surface area contributed by atoms with Gasteiger partial charge in [0.05, 0.1) is 24.1 Å². The Morgan fingerprint density at radius 3 is 3.00 bits per heavy atom. The fourth-order valence-electron chi connectivity index (χ4n) is 2.99. The topological polar surface area (TPSA) is 54.5 Å². The minimum absolute atomic E-state index is 0.0282. The van der Waals surface area contributed by atoms with Crippen molar-refractivity contribution >= 4 is 17.2 Å². The zero-order valence-corrected chi connectivity index (χ0v) is 15.4. The normalized spacial score (nSPS) is 18.2. The summed E-state index contributed by atoms with van der Waals surface area (Å²) in [6.07, 6.45) is 1.18. The quantitative estimate of drug-likeness (QED) is 0.825. The van der Waals surface area contributed by atoms with Crippen LogP contribution in [0.1, 0.15) is 22.7 Å². The maximum absolute atomic E-state index is 12.1. The molecule has 1 atom stereocenters. The summed E-state index contributed by atoms with van der Waals surface area (Å²) in [5.74, 6) is 0.0554. The number of morpholine rings is 1. The lowest BCUT2D eigenvalue weighted by atomic mass is 10.1. The molecule has 25 heavy (non-hydrogen) atoms. The SMILES string of the molecule is Cc1csc(CCNC(=O)CC2CN(Cc3ccccc3)CCO2)n1. The maximum atomic E-state index is 12.1. The predicted octanol–water partition coefficient (Wildman–Crippen LogP) is 2.40. The van der Waals surface area contributed by atoms with E-state index < -0.39 is 0 Å². The van der Waals surface area contributed by atoms with Crippen LogP contribution < -0.4 is 5.32 Å². The molecule has 1 aliphatic rings. The standard InChI is InChI=1S/C19H25N3O2S/c1-15-14-25-19(21-15)7-8-20-18(23)11-17-13-22(9-10-24-17)12-16-5-3-2-4-6-16/h2-6,14,17H,7-13H2,1H3,(H,20,23). The third-order valence-corrected chi connectivity index (χ3v) is 5.24. The second kappa shape index (κ2) is 9.08. The van der Waals surface area contributed by atoms with Gasteiger partial charge < -0.3 is 10.1 Å². The molecule has 1 aromatic heterocycles. The number of nitrogens with zero attached hydrogens (tertiary/aromatic N) is 2. The molecule has 5 nitrogen and oxygen atoms in total. The molecule has 6 heteroatoms. The van der Waals surface area contributed by atoms with E-state index in [1.54, 1.807) is 11.3 Å². The van der Waals surface area contributed by atoms with Crippen LogP contribution in [-0.4, -0.2) is 48.1 Å². The number of rotatable bonds is 7. The van der Waals surface area contributed by atoms with Crippen molar-refractivity contribution in [2.75, 3.05) is 26.2 Å². The summed E-state index contributed by atoms with van der Waals surface area (Å²) in [6, 6.07) is 10.4. The van der Waals surface area contributed by atoms with Crippen LogP contribution in [0.25, 0.3) is 0 Å². The van der Waals surface area contributed by atoms with Gasteiger partial charge in [-0.1, -0.05) is 30.3 Å². The Hall–Kier alpha value is -1.76. The molecule has 2 aromatic rings. The highest BCUT2D eigenvalue weighted by Gasteiger charge is 2.22. The molecule has 2 heterocycles. The summed E-state index contributed by atoms with van der Waals surface area (Å²) in [6.45, 7) is 5.92. The van der Waals surface area contributed by atoms with E-state index in [2.05, 4.69) is 39.5 Å². The van der Waals surface area contributed by atoms with Gasteiger partial charge in [-0.25, -0.2) is 4.98 Å². The van der Waals surface area contributed by atoms with Gasteiger partial charge >= 0.3 is 0 Å². The molecule has 0 bridgehead atoms. The molecule has 0 aliphatic carbocycles. The minimum Gasteiger partial charge on any atom is -0.375 e. The lowest BCUT2D eigenvalue weighted by Gasteiger charge is -2.32. The van der Waals surface area contributed by atoms with Crippen LogP contribution in [0.5, 0.6) is 0 Å². The Labute approximate surface area is 153 Å². The van der Waals surface area contributed by atoms with Gasteiger partial charge in [0, 0.05) is 43.7 Å². The summed E-state index contributed by atoms with van der Waals surface area (Å²) < 4.78 is 5.77. The summed E-state index contributed by atoms with van der Waals surface area (Å²) in [5, 5.41) is 6.09. The van der Waals surface area contributed by atoms with Gasteiger partial charge in [0.1, 0.15) is 0 Å². The number of nitrogens with one attached hydrogen (secondary N) is 1. The number of hydrogen-bond acceptors (Lipinski definition) is 5. The van der Waals surface area contributed by atoms with Gasteiger partial charge in [-0.05, 0) is 12.5 Å². The molecule has 1 unspecified atom stereocenters. The number of aromatic nitrogens is 1. The molecular weight excluding hydrogens is 334 g/mol. The van der Waals surface area contributed by atoms with Crippen molar-refractivity contribution in [2.24, 2.45) is 0 Å². The number of thiazole rings is 1. The molecule has 1 N–H and O–H groups in total. The monoisotopic (exact) mass is 359 g/mol. The summed E-state index contributed by atoms with van der Waals surface area (Å²) in [4.78, 5) is 18.9. The van der Waals surface area contributed by atoms with E-state index in [4.69, 9.17) is 4.74 Å². The van der Waals surface area contributed by atoms with Gasteiger partial charge in [-0.2, -0.15) is 0 Å². The van der Waals surface area contributed by atoms with Crippen molar-refractivity contribution < 1.29 is 9.53 Å².